The lowest BCUT2D eigenvalue weighted by Gasteiger charge is -2.37. The van der Waals surface area contributed by atoms with Gasteiger partial charge in [0.05, 0.1) is 6.04 Å². The van der Waals surface area contributed by atoms with Crippen LogP contribution in [0.15, 0.2) is 36.4 Å². The van der Waals surface area contributed by atoms with Crippen LogP contribution in [0.4, 0.5) is 9.18 Å². The molecule has 2 aromatic rings. The Balaban J connectivity index is 1.70. The second-order valence-corrected chi connectivity index (χ2v) is 6.33. The highest BCUT2D eigenvalue weighted by atomic mass is 19.1. The molecule has 4 nitrogen and oxygen atoms in total. The Morgan fingerprint density at radius 3 is 2.67 bits per heavy atom. The third-order valence-electron chi connectivity index (χ3n) is 4.69. The van der Waals surface area contributed by atoms with Gasteiger partial charge < -0.3 is 14.8 Å². The van der Waals surface area contributed by atoms with Crippen molar-refractivity contribution in [1.29, 1.82) is 0 Å². The Morgan fingerprint density at radius 2 is 1.96 bits per heavy atom. The largest absolute Gasteiger partial charge is 0.345 e. The molecule has 1 N–H and O–H groups in total. The predicted molar refractivity (Wildman–Crippen MR) is 92.2 cm³/mol. The van der Waals surface area contributed by atoms with Crippen LogP contribution in [0.5, 0.6) is 0 Å². The molecule has 1 atom stereocenters. The highest BCUT2D eigenvalue weighted by Gasteiger charge is 2.30. The fourth-order valence-electron chi connectivity index (χ4n) is 3.41. The SMILES string of the molecule is CCC[C@H]1c2ccc(C)n2CCN1C(=O)NCc1ccc(F)cc1. The van der Waals surface area contributed by atoms with E-state index >= 15 is 0 Å². The summed E-state index contributed by atoms with van der Waals surface area (Å²) >= 11 is 0. The summed E-state index contributed by atoms with van der Waals surface area (Å²) in [4.78, 5) is 14.6. The summed E-state index contributed by atoms with van der Waals surface area (Å²) in [5, 5.41) is 2.97. The average Bonchev–Trinajstić information content (AvgIpc) is 2.96. The second kappa shape index (κ2) is 7.07. The molecular formula is C19H24FN3O. The number of urea groups is 1. The molecule has 2 amide bonds. The van der Waals surface area contributed by atoms with Crippen molar-refractivity contribution in [2.24, 2.45) is 0 Å². The van der Waals surface area contributed by atoms with Crippen molar-refractivity contribution in [3.63, 3.8) is 0 Å². The minimum Gasteiger partial charge on any atom is -0.345 e. The maximum Gasteiger partial charge on any atom is 0.318 e. The van der Waals surface area contributed by atoms with Crippen molar-refractivity contribution >= 4 is 6.03 Å². The van der Waals surface area contributed by atoms with Gasteiger partial charge in [-0.2, -0.15) is 0 Å². The van der Waals surface area contributed by atoms with Gasteiger partial charge in [0.25, 0.3) is 0 Å². The molecule has 2 heterocycles. The third-order valence-corrected chi connectivity index (χ3v) is 4.69. The molecule has 1 aliphatic rings. The number of hydrogen-bond acceptors (Lipinski definition) is 1. The van der Waals surface area contributed by atoms with Crippen molar-refractivity contribution in [2.45, 2.75) is 45.8 Å². The number of benzene rings is 1. The van der Waals surface area contributed by atoms with Crippen LogP contribution in [-0.4, -0.2) is 22.0 Å². The smallest absolute Gasteiger partial charge is 0.318 e. The lowest BCUT2D eigenvalue weighted by atomic mass is 10.0. The Kier molecular flexibility index (Phi) is 4.88. The van der Waals surface area contributed by atoms with E-state index in [4.69, 9.17) is 0 Å². The summed E-state index contributed by atoms with van der Waals surface area (Å²) in [5.74, 6) is -0.264. The van der Waals surface area contributed by atoms with Crippen LogP contribution >= 0.6 is 0 Å². The van der Waals surface area contributed by atoms with Gasteiger partial charge in [0.15, 0.2) is 0 Å². The summed E-state index contributed by atoms with van der Waals surface area (Å²) < 4.78 is 15.3. The highest BCUT2D eigenvalue weighted by molar-refractivity contribution is 5.75. The summed E-state index contributed by atoms with van der Waals surface area (Å²) in [6.45, 7) is 6.20. The van der Waals surface area contributed by atoms with Gasteiger partial charge in [-0.3, -0.25) is 0 Å². The summed E-state index contributed by atoms with van der Waals surface area (Å²) in [7, 11) is 0. The maximum atomic E-state index is 13.0. The van der Waals surface area contributed by atoms with Crippen molar-refractivity contribution < 1.29 is 9.18 Å². The number of rotatable bonds is 4. The van der Waals surface area contributed by atoms with Crippen LogP contribution in [-0.2, 0) is 13.1 Å². The predicted octanol–water partition coefficient (Wildman–Crippen LogP) is 4.00. The van der Waals surface area contributed by atoms with Gasteiger partial charge in [-0.1, -0.05) is 25.5 Å². The van der Waals surface area contributed by atoms with Crippen LogP contribution in [0.25, 0.3) is 0 Å². The van der Waals surface area contributed by atoms with Crippen LogP contribution in [0.3, 0.4) is 0 Å². The van der Waals surface area contributed by atoms with Gasteiger partial charge in [-0.15, -0.1) is 0 Å². The fourth-order valence-corrected chi connectivity index (χ4v) is 3.41. The highest BCUT2D eigenvalue weighted by Crippen LogP contribution is 2.31. The molecule has 0 saturated heterocycles. The first-order chi connectivity index (χ1) is 11.6. The van der Waals surface area contributed by atoms with E-state index in [1.807, 2.05) is 4.90 Å². The summed E-state index contributed by atoms with van der Waals surface area (Å²) in [6.07, 6.45) is 1.98. The molecular weight excluding hydrogens is 305 g/mol. The molecule has 0 radical (unpaired) electrons. The van der Waals surface area contributed by atoms with Crippen LogP contribution in [0, 0.1) is 12.7 Å². The first-order valence-electron chi connectivity index (χ1n) is 8.55. The molecule has 0 unspecified atom stereocenters. The number of carbonyl (C=O) groups excluding carboxylic acids is 1. The number of halogens is 1. The van der Waals surface area contributed by atoms with Gasteiger partial charge >= 0.3 is 6.03 Å². The maximum absolute atomic E-state index is 13.0. The van der Waals surface area contributed by atoms with E-state index in [1.165, 1.54) is 23.5 Å². The Bertz CT molecular complexity index is 708. The zero-order valence-corrected chi connectivity index (χ0v) is 14.3. The number of nitrogens with one attached hydrogen (secondary N) is 1. The number of hydrogen-bond donors (Lipinski definition) is 1. The first kappa shape index (κ1) is 16.6. The van der Waals surface area contributed by atoms with Crippen molar-refractivity contribution in [2.75, 3.05) is 6.54 Å². The number of aryl methyl sites for hydroxylation is 1. The second-order valence-electron chi connectivity index (χ2n) is 6.33. The lowest BCUT2D eigenvalue weighted by molar-refractivity contribution is 0.150. The van der Waals surface area contributed by atoms with Crippen molar-refractivity contribution in [3.8, 4) is 0 Å². The molecule has 0 saturated carbocycles. The number of fused-ring (bicyclic) bond motifs is 1. The number of aromatic nitrogens is 1. The Morgan fingerprint density at radius 1 is 1.21 bits per heavy atom. The van der Waals surface area contributed by atoms with E-state index < -0.39 is 0 Å². The normalized spacial score (nSPS) is 16.8. The molecule has 1 aromatic heterocycles. The molecule has 24 heavy (non-hydrogen) atoms. The minimum atomic E-state index is -0.264. The zero-order valence-electron chi connectivity index (χ0n) is 14.3. The summed E-state index contributed by atoms with van der Waals surface area (Å²) in [6, 6.07) is 10.5. The standard InChI is InChI=1S/C19H24FN3O/c1-3-4-17-18-10-5-14(2)22(18)11-12-23(17)19(24)21-13-15-6-8-16(20)9-7-15/h5-10,17H,3-4,11-13H2,1-2H3,(H,21,24)/t17-/m0/s1. The van der Waals surface area contributed by atoms with Crippen LogP contribution in [0.2, 0.25) is 0 Å². The number of nitrogens with zero attached hydrogens (tertiary/aromatic N) is 2. The molecule has 128 valence electrons. The third kappa shape index (κ3) is 3.30. The van der Waals surface area contributed by atoms with Crippen LogP contribution in [0.1, 0.15) is 42.8 Å². The minimum absolute atomic E-state index is 0.0529. The van der Waals surface area contributed by atoms with E-state index in [1.54, 1.807) is 12.1 Å². The molecule has 0 fully saturated rings. The number of carbonyl (C=O) groups is 1. The van der Waals surface area contributed by atoms with Gasteiger partial charge in [0.1, 0.15) is 5.82 Å². The van der Waals surface area contributed by atoms with Crippen molar-refractivity contribution in [3.05, 3.63) is 59.2 Å². The van der Waals surface area contributed by atoms with Gasteiger partial charge in [-0.25, -0.2) is 9.18 Å². The topological polar surface area (TPSA) is 37.3 Å². The van der Waals surface area contributed by atoms with Gasteiger partial charge in [0.2, 0.25) is 0 Å². The molecule has 0 aliphatic carbocycles. The average molecular weight is 329 g/mol. The van der Waals surface area contributed by atoms with E-state index in [0.717, 1.165) is 24.9 Å². The van der Waals surface area contributed by atoms with E-state index in [2.05, 4.69) is 35.9 Å². The van der Waals surface area contributed by atoms with E-state index in [9.17, 15) is 9.18 Å². The summed E-state index contributed by atoms with van der Waals surface area (Å²) in [5.41, 5.74) is 3.36. The Labute approximate surface area is 142 Å². The molecule has 1 aromatic carbocycles. The molecule has 3 rings (SSSR count). The Hall–Kier alpha value is -2.30. The monoisotopic (exact) mass is 329 g/mol. The quantitative estimate of drug-likeness (QED) is 0.904. The van der Waals surface area contributed by atoms with Gasteiger partial charge in [-0.05, 0) is 43.2 Å². The van der Waals surface area contributed by atoms with E-state index in [-0.39, 0.29) is 17.9 Å². The molecule has 5 heteroatoms. The van der Waals surface area contributed by atoms with Gasteiger partial charge in [0, 0.05) is 31.0 Å². The van der Waals surface area contributed by atoms with Crippen LogP contribution < -0.4 is 5.32 Å². The lowest BCUT2D eigenvalue weighted by Crippen LogP contribution is -2.46. The first-order valence-corrected chi connectivity index (χ1v) is 8.55. The van der Waals surface area contributed by atoms with Crippen molar-refractivity contribution in [1.82, 2.24) is 14.8 Å². The number of amides is 2. The zero-order chi connectivity index (χ0) is 17.1. The van der Waals surface area contributed by atoms with E-state index in [0.29, 0.717) is 13.1 Å². The fraction of sp³-hybridized carbons (Fsp3) is 0.421. The molecule has 1 aliphatic heterocycles. The molecule has 0 spiro atoms. The molecule has 0 bridgehead atoms.